The van der Waals surface area contributed by atoms with Crippen molar-refractivity contribution in [3.8, 4) is 0 Å². The number of anilines is 1. The fraction of sp³-hybridized carbons (Fsp3) is 0.133. The lowest BCUT2D eigenvalue weighted by atomic mass is 10.0. The lowest BCUT2D eigenvalue weighted by molar-refractivity contribution is 0.0771. The van der Waals surface area contributed by atoms with Gasteiger partial charge in [-0.25, -0.2) is 13.6 Å². The highest BCUT2D eigenvalue weighted by molar-refractivity contribution is 8.23. The van der Waals surface area contributed by atoms with Gasteiger partial charge in [0.1, 0.15) is 4.32 Å². The average molecular weight is 401 g/mol. The Bertz CT molecular complexity index is 902. The van der Waals surface area contributed by atoms with Gasteiger partial charge in [-0.15, -0.1) is 0 Å². The molecule has 0 bridgehead atoms. The lowest BCUT2D eigenvalue weighted by Crippen LogP contribution is -2.44. The standard InChI is InChI=1S/C15H13ClN2O3S3/c16-11-2-1-3-12(8-11)18-14(22)23-9-15(18,19)10-4-6-13(7-5-10)24(17,20)21/h1-8,19H,9H2,(H2,17,20,21). The zero-order chi connectivity index (χ0) is 17.5. The molecule has 3 rings (SSSR count). The molecule has 126 valence electrons. The molecule has 0 aromatic heterocycles. The molecule has 1 aliphatic rings. The van der Waals surface area contributed by atoms with Crippen LogP contribution in [0.15, 0.2) is 53.4 Å². The number of benzene rings is 2. The van der Waals surface area contributed by atoms with Crippen molar-refractivity contribution in [1.29, 1.82) is 0 Å². The first-order chi connectivity index (χ1) is 11.2. The number of thiocarbonyl (C=S) groups is 1. The highest BCUT2D eigenvalue weighted by Crippen LogP contribution is 2.43. The number of thioether (sulfide) groups is 1. The molecule has 24 heavy (non-hydrogen) atoms. The third-order valence-corrected chi connectivity index (χ3v) is 6.34. The summed E-state index contributed by atoms with van der Waals surface area (Å²) in [4.78, 5) is 1.60. The molecule has 1 atom stereocenters. The van der Waals surface area contributed by atoms with E-state index in [1.807, 2.05) is 0 Å². The maximum Gasteiger partial charge on any atom is 0.238 e. The molecular formula is C15H13ClN2O3S3. The van der Waals surface area contributed by atoms with Crippen LogP contribution in [0.3, 0.4) is 0 Å². The Morgan fingerprint density at radius 3 is 2.50 bits per heavy atom. The van der Waals surface area contributed by atoms with Crippen molar-refractivity contribution in [1.82, 2.24) is 0 Å². The van der Waals surface area contributed by atoms with E-state index in [1.165, 1.54) is 36.0 Å². The molecule has 3 N–H and O–H groups in total. The molecular weight excluding hydrogens is 388 g/mol. The first kappa shape index (κ1) is 17.7. The van der Waals surface area contributed by atoms with Gasteiger partial charge in [0.25, 0.3) is 0 Å². The largest absolute Gasteiger partial charge is 0.366 e. The number of primary sulfonamides is 1. The minimum Gasteiger partial charge on any atom is -0.366 e. The first-order valence-electron chi connectivity index (χ1n) is 6.80. The Morgan fingerprint density at radius 2 is 1.92 bits per heavy atom. The Morgan fingerprint density at radius 1 is 1.25 bits per heavy atom. The van der Waals surface area contributed by atoms with Crippen LogP contribution in [0, 0.1) is 0 Å². The summed E-state index contributed by atoms with van der Waals surface area (Å²) in [5.74, 6) is 0.313. The van der Waals surface area contributed by atoms with Gasteiger partial charge in [0.05, 0.1) is 10.6 Å². The van der Waals surface area contributed by atoms with Crippen LogP contribution in [0.25, 0.3) is 0 Å². The van der Waals surface area contributed by atoms with Crippen molar-refractivity contribution >= 4 is 55.6 Å². The summed E-state index contributed by atoms with van der Waals surface area (Å²) in [6.45, 7) is 0. The monoisotopic (exact) mass is 400 g/mol. The van der Waals surface area contributed by atoms with Crippen LogP contribution in [0.4, 0.5) is 5.69 Å². The number of aliphatic hydroxyl groups is 1. The van der Waals surface area contributed by atoms with Crippen LogP contribution in [-0.2, 0) is 15.7 Å². The fourth-order valence-corrected chi connectivity index (χ4v) is 4.64. The smallest absolute Gasteiger partial charge is 0.238 e. The molecule has 2 aromatic carbocycles. The molecule has 0 saturated carbocycles. The summed E-state index contributed by atoms with van der Waals surface area (Å²) in [6, 6.07) is 12.8. The van der Waals surface area contributed by atoms with E-state index in [-0.39, 0.29) is 4.90 Å². The molecule has 1 unspecified atom stereocenters. The van der Waals surface area contributed by atoms with E-state index in [0.717, 1.165) is 0 Å². The highest BCUT2D eigenvalue weighted by atomic mass is 35.5. The van der Waals surface area contributed by atoms with E-state index in [2.05, 4.69) is 0 Å². The molecule has 0 aliphatic carbocycles. The number of hydrogen-bond donors (Lipinski definition) is 2. The van der Waals surface area contributed by atoms with Gasteiger partial charge in [-0.3, -0.25) is 4.90 Å². The van der Waals surface area contributed by atoms with Crippen molar-refractivity contribution in [2.75, 3.05) is 10.7 Å². The van der Waals surface area contributed by atoms with Crippen LogP contribution < -0.4 is 10.0 Å². The summed E-state index contributed by atoms with van der Waals surface area (Å²) in [7, 11) is -3.79. The topological polar surface area (TPSA) is 83.6 Å². The molecule has 0 spiro atoms. The third kappa shape index (κ3) is 3.17. The van der Waals surface area contributed by atoms with Gasteiger partial charge < -0.3 is 5.11 Å². The zero-order valence-electron chi connectivity index (χ0n) is 12.2. The highest BCUT2D eigenvalue weighted by Gasteiger charge is 2.45. The number of rotatable bonds is 3. The lowest BCUT2D eigenvalue weighted by Gasteiger charge is -2.34. The van der Waals surface area contributed by atoms with Crippen molar-refractivity contribution < 1.29 is 13.5 Å². The second-order valence-electron chi connectivity index (χ2n) is 5.26. The number of nitrogens with zero attached hydrogens (tertiary/aromatic N) is 1. The summed E-state index contributed by atoms with van der Waals surface area (Å²) in [6.07, 6.45) is 0. The van der Waals surface area contributed by atoms with Crippen LogP contribution in [0.1, 0.15) is 5.56 Å². The van der Waals surface area contributed by atoms with E-state index < -0.39 is 15.7 Å². The van der Waals surface area contributed by atoms with Crippen molar-refractivity contribution in [3.05, 3.63) is 59.1 Å². The molecule has 5 nitrogen and oxygen atoms in total. The summed E-state index contributed by atoms with van der Waals surface area (Å²) in [5.41, 5.74) is -0.221. The number of halogens is 1. The normalized spacial score (nSPS) is 21.3. The second kappa shape index (κ2) is 6.29. The minimum absolute atomic E-state index is 0.0163. The van der Waals surface area contributed by atoms with Gasteiger partial charge >= 0.3 is 0 Å². The van der Waals surface area contributed by atoms with Gasteiger partial charge in [0, 0.05) is 16.3 Å². The molecule has 0 radical (unpaired) electrons. The van der Waals surface area contributed by atoms with Gasteiger partial charge in [-0.05, 0) is 30.3 Å². The number of nitrogens with two attached hydrogens (primary N) is 1. The van der Waals surface area contributed by atoms with Gasteiger partial charge in [0.15, 0.2) is 5.72 Å². The van der Waals surface area contributed by atoms with E-state index >= 15 is 0 Å². The number of hydrogen-bond acceptors (Lipinski definition) is 5. The van der Waals surface area contributed by atoms with E-state index in [9.17, 15) is 13.5 Å². The van der Waals surface area contributed by atoms with E-state index in [1.54, 1.807) is 29.2 Å². The van der Waals surface area contributed by atoms with Gasteiger partial charge in [-0.1, -0.05) is 53.8 Å². The molecule has 1 heterocycles. The third-order valence-electron chi connectivity index (χ3n) is 3.66. The van der Waals surface area contributed by atoms with Crippen LogP contribution in [0.5, 0.6) is 0 Å². The molecule has 0 amide bonds. The molecule has 1 aliphatic heterocycles. The fourth-order valence-electron chi connectivity index (χ4n) is 2.50. The Labute approximate surface area is 154 Å². The summed E-state index contributed by atoms with van der Waals surface area (Å²) >= 11 is 12.8. The van der Waals surface area contributed by atoms with Gasteiger partial charge in [-0.2, -0.15) is 0 Å². The van der Waals surface area contributed by atoms with Gasteiger partial charge in [0.2, 0.25) is 10.0 Å². The quantitative estimate of drug-likeness (QED) is 0.770. The molecule has 1 fully saturated rings. The maximum absolute atomic E-state index is 11.4. The van der Waals surface area contributed by atoms with Crippen LogP contribution in [-0.4, -0.2) is 23.6 Å². The Hall–Kier alpha value is -1.16. The van der Waals surface area contributed by atoms with Crippen molar-refractivity contribution in [3.63, 3.8) is 0 Å². The molecule has 2 aromatic rings. The number of sulfonamides is 1. The van der Waals surface area contributed by atoms with Crippen molar-refractivity contribution in [2.45, 2.75) is 10.6 Å². The minimum atomic E-state index is -3.79. The maximum atomic E-state index is 11.4. The van der Waals surface area contributed by atoms with E-state index in [4.69, 9.17) is 29.0 Å². The van der Waals surface area contributed by atoms with E-state index in [0.29, 0.717) is 26.3 Å². The second-order valence-corrected chi connectivity index (χ2v) is 8.86. The van der Waals surface area contributed by atoms with Crippen LogP contribution in [0.2, 0.25) is 5.02 Å². The molecule has 1 saturated heterocycles. The predicted molar refractivity (Wildman–Crippen MR) is 101 cm³/mol. The Balaban J connectivity index is 2.06. The first-order valence-corrected chi connectivity index (χ1v) is 10.1. The predicted octanol–water partition coefficient (Wildman–Crippen LogP) is 2.67. The SMILES string of the molecule is NS(=O)(=O)c1ccc(C2(O)CSC(=S)N2c2cccc(Cl)c2)cc1. The average Bonchev–Trinajstić information content (AvgIpc) is 2.83. The Kier molecular flexibility index (Phi) is 4.63. The van der Waals surface area contributed by atoms with Crippen LogP contribution >= 0.6 is 35.6 Å². The summed E-state index contributed by atoms with van der Waals surface area (Å²) < 4.78 is 23.3. The van der Waals surface area contributed by atoms with Crippen molar-refractivity contribution in [2.24, 2.45) is 5.14 Å². The summed E-state index contributed by atoms with van der Waals surface area (Å²) in [5, 5.41) is 16.9. The zero-order valence-corrected chi connectivity index (χ0v) is 15.4. The molecule has 9 heteroatoms.